The second kappa shape index (κ2) is 5.97. The van der Waals surface area contributed by atoms with Crippen molar-refractivity contribution in [3.8, 4) is 0 Å². The molecule has 2 saturated heterocycles. The summed E-state index contributed by atoms with van der Waals surface area (Å²) in [5.74, 6) is 0.791. The van der Waals surface area contributed by atoms with E-state index in [0.717, 1.165) is 18.0 Å². The molecule has 0 aromatic heterocycles. The summed E-state index contributed by atoms with van der Waals surface area (Å²) in [6, 6.07) is 1.66. The van der Waals surface area contributed by atoms with Crippen molar-refractivity contribution in [2.24, 2.45) is 5.92 Å². The molecule has 0 radical (unpaired) electrons. The zero-order chi connectivity index (χ0) is 13.2. The van der Waals surface area contributed by atoms with Crippen LogP contribution < -0.4 is 0 Å². The summed E-state index contributed by atoms with van der Waals surface area (Å²) in [5, 5.41) is 0. The molecule has 2 heteroatoms. The first-order valence-corrected chi connectivity index (χ1v) is 8.40. The van der Waals surface area contributed by atoms with E-state index in [2.05, 4.69) is 29.7 Å². The van der Waals surface area contributed by atoms with Gasteiger partial charge >= 0.3 is 0 Å². The van der Waals surface area contributed by atoms with E-state index in [-0.39, 0.29) is 0 Å². The molecule has 0 aromatic carbocycles. The molecule has 0 amide bonds. The number of rotatable bonds is 4. The Morgan fingerprint density at radius 2 is 2.16 bits per heavy atom. The molecule has 0 spiro atoms. The minimum atomic E-state index is 0.788. The summed E-state index contributed by atoms with van der Waals surface area (Å²) in [4.78, 5) is 5.58. The standard InChI is InChI=1S/C17H30N2/c1-14(2)17-13-18-10-5-8-16(18)12-19(17)11-9-15-6-3-4-7-15/h6,14,16-17H,3-5,7-13H2,1-2H3. The van der Waals surface area contributed by atoms with Crippen LogP contribution in [0, 0.1) is 5.92 Å². The molecule has 19 heavy (non-hydrogen) atoms. The third-order valence-corrected chi connectivity index (χ3v) is 5.46. The van der Waals surface area contributed by atoms with Crippen molar-refractivity contribution in [1.29, 1.82) is 0 Å². The van der Waals surface area contributed by atoms with E-state index in [1.807, 2.05) is 0 Å². The van der Waals surface area contributed by atoms with Crippen LogP contribution in [-0.4, -0.2) is 48.1 Å². The molecule has 0 saturated carbocycles. The van der Waals surface area contributed by atoms with Gasteiger partial charge < -0.3 is 0 Å². The fourth-order valence-electron chi connectivity index (χ4n) is 4.25. The molecule has 2 aliphatic heterocycles. The van der Waals surface area contributed by atoms with Crippen molar-refractivity contribution in [2.75, 3.05) is 26.2 Å². The first-order chi connectivity index (χ1) is 9.24. The van der Waals surface area contributed by atoms with Crippen LogP contribution in [0.5, 0.6) is 0 Å². The van der Waals surface area contributed by atoms with Gasteiger partial charge in [-0.2, -0.15) is 0 Å². The first-order valence-electron chi connectivity index (χ1n) is 8.40. The number of hydrogen-bond acceptors (Lipinski definition) is 2. The number of nitrogens with zero attached hydrogens (tertiary/aromatic N) is 2. The van der Waals surface area contributed by atoms with Crippen LogP contribution in [0.4, 0.5) is 0 Å². The van der Waals surface area contributed by atoms with Gasteiger partial charge in [-0.05, 0) is 51.0 Å². The largest absolute Gasteiger partial charge is 0.298 e. The highest BCUT2D eigenvalue weighted by molar-refractivity contribution is 5.08. The Morgan fingerprint density at radius 1 is 1.26 bits per heavy atom. The Bertz CT molecular complexity index is 334. The second-order valence-electron chi connectivity index (χ2n) is 7.10. The van der Waals surface area contributed by atoms with Gasteiger partial charge in [-0.15, -0.1) is 0 Å². The van der Waals surface area contributed by atoms with Crippen molar-refractivity contribution < 1.29 is 0 Å². The SMILES string of the molecule is CC(C)C1CN2CCCC2CN1CCC1=CCCC1. The van der Waals surface area contributed by atoms with E-state index in [4.69, 9.17) is 0 Å². The lowest BCUT2D eigenvalue weighted by Gasteiger charge is -2.45. The van der Waals surface area contributed by atoms with Crippen LogP contribution in [0.15, 0.2) is 11.6 Å². The Hall–Kier alpha value is -0.340. The molecule has 0 bridgehead atoms. The molecule has 108 valence electrons. The quantitative estimate of drug-likeness (QED) is 0.717. The Kier molecular flexibility index (Phi) is 4.28. The Labute approximate surface area is 118 Å². The highest BCUT2D eigenvalue weighted by Gasteiger charge is 2.37. The fraction of sp³-hybridized carbons (Fsp3) is 0.882. The highest BCUT2D eigenvalue weighted by atomic mass is 15.3. The zero-order valence-corrected chi connectivity index (χ0v) is 12.8. The molecule has 0 N–H and O–H groups in total. The van der Waals surface area contributed by atoms with Crippen LogP contribution in [0.25, 0.3) is 0 Å². The number of allylic oxidation sites excluding steroid dienone is 1. The predicted molar refractivity (Wildman–Crippen MR) is 81.3 cm³/mol. The van der Waals surface area contributed by atoms with Gasteiger partial charge in [0.1, 0.15) is 0 Å². The Balaban J connectivity index is 1.59. The molecule has 3 aliphatic rings. The topological polar surface area (TPSA) is 6.48 Å². The lowest BCUT2D eigenvalue weighted by Crippen LogP contribution is -2.57. The molecule has 0 aromatic rings. The number of hydrogen-bond donors (Lipinski definition) is 0. The maximum absolute atomic E-state index is 2.82. The van der Waals surface area contributed by atoms with Gasteiger partial charge in [-0.1, -0.05) is 25.5 Å². The van der Waals surface area contributed by atoms with Crippen molar-refractivity contribution >= 4 is 0 Å². The van der Waals surface area contributed by atoms with Crippen molar-refractivity contribution in [3.63, 3.8) is 0 Å². The smallest absolute Gasteiger partial charge is 0.0247 e. The van der Waals surface area contributed by atoms with Gasteiger partial charge in [-0.25, -0.2) is 0 Å². The maximum Gasteiger partial charge on any atom is 0.0247 e. The Morgan fingerprint density at radius 3 is 2.89 bits per heavy atom. The van der Waals surface area contributed by atoms with Crippen LogP contribution >= 0.6 is 0 Å². The second-order valence-corrected chi connectivity index (χ2v) is 7.10. The molecule has 1 aliphatic carbocycles. The summed E-state index contributed by atoms with van der Waals surface area (Å²) >= 11 is 0. The maximum atomic E-state index is 2.82. The fourth-order valence-corrected chi connectivity index (χ4v) is 4.25. The van der Waals surface area contributed by atoms with Crippen LogP contribution in [-0.2, 0) is 0 Å². The summed E-state index contributed by atoms with van der Waals surface area (Å²) in [6.07, 6.45) is 10.8. The summed E-state index contributed by atoms with van der Waals surface area (Å²) in [6.45, 7) is 10.1. The molecule has 2 nitrogen and oxygen atoms in total. The minimum absolute atomic E-state index is 0.788. The minimum Gasteiger partial charge on any atom is -0.298 e. The van der Waals surface area contributed by atoms with Crippen molar-refractivity contribution in [3.05, 3.63) is 11.6 Å². The van der Waals surface area contributed by atoms with Crippen molar-refractivity contribution in [2.45, 2.75) is 64.5 Å². The van der Waals surface area contributed by atoms with Crippen LogP contribution in [0.2, 0.25) is 0 Å². The lowest BCUT2D eigenvalue weighted by molar-refractivity contribution is 0.0301. The average molecular weight is 262 g/mol. The van der Waals surface area contributed by atoms with Gasteiger partial charge in [0.2, 0.25) is 0 Å². The highest BCUT2D eigenvalue weighted by Crippen LogP contribution is 2.29. The molecule has 2 fully saturated rings. The van der Waals surface area contributed by atoms with Gasteiger partial charge in [0.25, 0.3) is 0 Å². The average Bonchev–Trinajstić information content (AvgIpc) is 3.05. The first kappa shape index (κ1) is 13.6. The van der Waals surface area contributed by atoms with E-state index in [1.165, 1.54) is 64.7 Å². The van der Waals surface area contributed by atoms with Crippen LogP contribution in [0.3, 0.4) is 0 Å². The van der Waals surface area contributed by atoms with E-state index in [9.17, 15) is 0 Å². The third-order valence-electron chi connectivity index (χ3n) is 5.46. The molecule has 2 atom stereocenters. The molecule has 3 rings (SSSR count). The van der Waals surface area contributed by atoms with E-state index in [0.29, 0.717) is 0 Å². The zero-order valence-electron chi connectivity index (χ0n) is 12.8. The van der Waals surface area contributed by atoms with E-state index in [1.54, 1.807) is 5.57 Å². The third kappa shape index (κ3) is 3.05. The number of piperazine rings is 1. The molecular weight excluding hydrogens is 232 g/mol. The normalized spacial score (nSPS) is 32.9. The monoisotopic (exact) mass is 262 g/mol. The van der Waals surface area contributed by atoms with E-state index >= 15 is 0 Å². The molecule has 2 unspecified atom stereocenters. The lowest BCUT2D eigenvalue weighted by atomic mass is 9.96. The predicted octanol–water partition coefficient (Wildman–Crippen LogP) is 3.29. The van der Waals surface area contributed by atoms with Crippen LogP contribution in [0.1, 0.15) is 52.4 Å². The van der Waals surface area contributed by atoms with E-state index < -0.39 is 0 Å². The summed E-state index contributed by atoms with van der Waals surface area (Å²) in [5.41, 5.74) is 1.73. The van der Waals surface area contributed by atoms with Crippen molar-refractivity contribution in [1.82, 2.24) is 9.80 Å². The number of fused-ring (bicyclic) bond motifs is 1. The molecular formula is C17H30N2. The van der Waals surface area contributed by atoms with Gasteiger partial charge in [0, 0.05) is 31.7 Å². The molecule has 2 heterocycles. The summed E-state index contributed by atoms with van der Waals surface area (Å²) < 4.78 is 0. The van der Waals surface area contributed by atoms with Gasteiger partial charge in [0.15, 0.2) is 0 Å². The van der Waals surface area contributed by atoms with Gasteiger partial charge in [0.05, 0.1) is 0 Å². The van der Waals surface area contributed by atoms with Gasteiger partial charge in [-0.3, -0.25) is 9.80 Å². The summed E-state index contributed by atoms with van der Waals surface area (Å²) in [7, 11) is 0.